The zero-order valence-electron chi connectivity index (χ0n) is 8.39. The Hall–Kier alpha value is -0.850. The van der Waals surface area contributed by atoms with E-state index in [1.165, 1.54) is 30.4 Å². The lowest BCUT2D eigenvalue weighted by atomic mass is 9.65. The second kappa shape index (κ2) is 2.83. The number of hydrogen-bond acceptors (Lipinski definition) is 1. The Morgan fingerprint density at radius 3 is 2.85 bits per heavy atom. The van der Waals surface area contributed by atoms with Crippen LogP contribution in [-0.2, 0) is 4.79 Å². The molecule has 0 aromatic carbocycles. The summed E-state index contributed by atoms with van der Waals surface area (Å²) in [6.07, 6.45) is 8.54. The molecule has 1 fully saturated rings. The maximum atomic E-state index is 11.3. The van der Waals surface area contributed by atoms with Gasteiger partial charge in [0, 0.05) is 5.41 Å². The first kappa shape index (κ1) is 8.74. The average Bonchev–Trinajstić information content (AvgIpc) is 2.07. The topological polar surface area (TPSA) is 17.1 Å². The van der Waals surface area contributed by atoms with E-state index < -0.39 is 0 Å². The normalized spacial score (nSPS) is 33.5. The lowest BCUT2D eigenvalue weighted by molar-refractivity contribution is -0.110. The SMILES string of the molecule is CC1=CC(=O)C=C2CCCC[C@@]12C. The number of fused-ring (bicyclic) bond motifs is 1. The van der Waals surface area contributed by atoms with E-state index in [2.05, 4.69) is 13.8 Å². The number of ketones is 1. The largest absolute Gasteiger partial charge is 0.290 e. The molecule has 0 heterocycles. The summed E-state index contributed by atoms with van der Waals surface area (Å²) < 4.78 is 0. The van der Waals surface area contributed by atoms with Crippen molar-refractivity contribution in [3.05, 3.63) is 23.3 Å². The van der Waals surface area contributed by atoms with Crippen LogP contribution in [0, 0.1) is 5.41 Å². The van der Waals surface area contributed by atoms with Gasteiger partial charge < -0.3 is 0 Å². The summed E-state index contributed by atoms with van der Waals surface area (Å²) in [5, 5.41) is 0. The lowest BCUT2D eigenvalue weighted by Crippen LogP contribution is -2.28. The van der Waals surface area contributed by atoms with E-state index in [1.54, 1.807) is 6.08 Å². The van der Waals surface area contributed by atoms with Gasteiger partial charge >= 0.3 is 0 Å². The highest BCUT2D eigenvalue weighted by Crippen LogP contribution is 2.47. The zero-order chi connectivity index (χ0) is 9.47. The molecule has 0 aromatic heterocycles. The maximum absolute atomic E-state index is 11.3. The summed E-state index contributed by atoms with van der Waals surface area (Å²) in [7, 11) is 0. The molecule has 1 nitrogen and oxygen atoms in total. The van der Waals surface area contributed by atoms with Gasteiger partial charge in [0.05, 0.1) is 0 Å². The smallest absolute Gasteiger partial charge is 0.178 e. The lowest BCUT2D eigenvalue weighted by Gasteiger charge is -2.39. The summed E-state index contributed by atoms with van der Waals surface area (Å²) in [5.74, 6) is 0.187. The first-order valence-electron chi connectivity index (χ1n) is 5.07. The molecule has 1 saturated carbocycles. The van der Waals surface area contributed by atoms with Crippen molar-refractivity contribution in [3.8, 4) is 0 Å². The van der Waals surface area contributed by atoms with Crippen LogP contribution in [0.2, 0.25) is 0 Å². The van der Waals surface area contributed by atoms with Crippen LogP contribution in [0.5, 0.6) is 0 Å². The molecule has 70 valence electrons. The fourth-order valence-electron chi connectivity index (χ4n) is 2.50. The molecule has 0 aromatic rings. The van der Waals surface area contributed by atoms with Crippen LogP contribution in [-0.4, -0.2) is 5.78 Å². The predicted molar refractivity (Wildman–Crippen MR) is 53.4 cm³/mol. The van der Waals surface area contributed by atoms with Gasteiger partial charge in [-0.3, -0.25) is 4.79 Å². The molecule has 0 radical (unpaired) electrons. The standard InChI is InChI=1S/C12H16O/c1-9-7-11(13)8-10-5-3-4-6-12(9,10)2/h7-8H,3-6H2,1-2H3/t12-/m0/s1. The van der Waals surface area contributed by atoms with Gasteiger partial charge in [0.1, 0.15) is 0 Å². The van der Waals surface area contributed by atoms with Crippen LogP contribution in [0.25, 0.3) is 0 Å². The molecule has 0 unspecified atom stereocenters. The van der Waals surface area contributed by atoms with Crippen molar-refractivity contribution in [3.63, 3.8) is 0 Å². The molecule has 0 bridgehead atoms. The third-order valence-corrected chi connectivity index (χ3v) is 3.63. The first-order valence-corrected chi connectivity index (χ1v) is 5.07. The van der Waals surface area contributed by atoms with Crippen LogP contribution >= 0.6 is 0 Å². The average molecular weight is 176 g/mol. The number of allylic oxidation sites excluding steroid dienone is 4. The minimum absolute atomic E-state index is 0.187. The fraction of sp³-hybridized carbons (Fsp3) is 0.583. The molecule has 2 rings (SSSR count). The molecule has 0 amide bonds. The second-order valence-corrected chi connectivity index (χ2v) is 4.44. The van der Waals surface area contributed by atoms with Gasteiger partial charge in [-0.25, -0.2) is 0 Å². The van der Waals surface area contributed by atoms with E-state index >= 15 is 0 Å². The van der Waals surface area contributed by atoms with Crippen molar-refractivity contribution in [2.24, 2.45) is 5.41 Å². The molecule has 1 atom stereocenters. The number of carbonyl (C=O) groups excluding carboxylic acids is 1. The monoisotopic (exact) mass is 176 g/mol. The van der Waals surface area contributed by atoms with Gasteiger partial charge in [-0.05, 0) is 38.3 Å². The molecule has 13 heavy (non-hydrogen) atoms. The van der Waals surface area contributed by atoms with Crippen LogP contribution in [0.15, 0.2) is 23.3 Å². The minimum Gasteiger partial charge on any atom is -0.290 e. The van der Waals surface area contributed by atoms with Crippen LogP contribution in [0.4, 0.5) is 0 Å². The summed E-state index contributed by atoms with van der Waals surface area (Å²) in [6, 6.07) is 0. The van der Waals surface area contributed by atoms with Gasteiger partial charge in [-0.2, -0.15) is 0 Å². The molecule has 0 N–H and O–H groups in total. The quantitative estimate of drug-likeness (QED) is 0.554. The van der Waals surface area contributed by atoms with Crippen molar-refractivity contribution >= 4 is 5.78 Å². The highest BCUT2D eigenvalue weighted by Gasteiger charge is 2.35. The molecular weight excluding hydrogens is 160 g/mol. The Balaban J connectivity index is 2.42. The van der Waals surface area contributed by atoms with Crippen LogP contribution < -0.4 is 0 Å². The summed E-state index contributed by atoms with van der Waals surface area (Å²) in [4.78, 5) is 11.3. The van der Waals surface area contributed by atoms with Gasteiger partial charge in [0.25, 0.3) is 0 Å². The summed E-state index contributed by atoms with van der Waals surface area (Å²) in [6.45, 7) is 4.37. The van der Waals surface area contributed by atoms with E-state index in [-0.39, 0.29) is 11.2 Å². The Labute approximate surface area is 79.5 Å². The maximum Gasteiger partial charge on any atom is 0.178 e. The van der Waals surface area contributed by atoms with Crippen molar-refractivity contribution in [2.75, 3.05) is 0 Å². The third-order valence-electron chi connectivity index (χ3n) is 3.63. The van der Waals surface area contributed by atoms with E-state index in [4.69, 9.17) is 0 Å². The second-order valence-electron chi connectivity index (χ2n) is 4.44. The number of carbonyl (C=O) groups is 1. The zero-order valence-corrected chi connectivity index (χ0v) is 8.39. The van der Waals surface area contributed by atoms with Crippen molar-refractivity contribution in [1.82, 2.24) is 0 Å². The van der Waals surface area contributed by atoms with E-state index in [0.29, 0.717) is 0 Å². The first-order chi connectivity index (χ1) is 6.13. The Morgan fingerprint density at radius 2 is 2.08 bits per heavy atom. The Morgan fingerprint density at radius 1 is 1.31 bits per heavy atom. The summed E-state index contributed by atoms with van der Waals surface area (Å²) in [5.41, 5.74) is 2.84. The van der Waals surface area contributed by atoms with Gasteiger partial charge in [0.15, 0.2) is 5.78 Å². The minimum atomic E-state index is 0.187. The molecule has 0 saturated heterocycles. The molecule has 0 spiro atoms. The molecule has 0 aliphatic heterocycles. The molecule has 1 heteroatoms. The highest BCUT2D eigenvalue weighted by atomic mass is 16.1. The molecule has 2 aliphatic carbocycles. The van der Waals surface area contributed by atoms with Crippen LogP contribution in [0.1, 0.15) is 39.5 Å². The van der Waals surface area contributed by atoms with Gasteiger partial charge in [-0.1, -0.05) is 24.5 Å². The third kappa shape index (κ3) is 1.27. The summed E-state index contributed by atoms with van der Waals surface area (Å²) >= 11 is 0. The van der Waals surface area contributed by atoms with Crippen molar-refractivity contribution in [2.45, 2.75) is 39.5 Å². The van der Waals surface area contributed by atoms with Gasteiger partial charge in [0.2, 0.25) is 0 Å². The predicted octanol–water partition coefficient (Wildman–Crippen LogP) is 3.02. The van der Waals surface area contributed by atoms with Crippen LogP contribution in [0.3, 0.4) is 0 Å². The van der Waals surface area contributed by atoms with E-state index in [9.17, 15) is 4.79 Å². The van der Waals surface area contributed by atoms with Crippen molar-refractivity contribution in [1.29, 1.82) is 0 Å². The Kier molecular flexibility index (Phi) is 1.90. The van der Waals surface area contributed by atoms with Gasteiger partial charge in [-0.15, -0.1) is 0 Å². The number of hydrogen-bond donors (Lipinski definition) is 0. The van der Waals surface area contributed by atoms with Crippen molar-refractivity contribution < 1.29 is 4.79 Å². The fourth-order valence-corrected chi connectivity index (χ4v) is 2.50. The molecular formula is C12H16O. The number of rotatable bonds is 0. The van der Waals surface area contributed by atoms with E-state index in [0.717, 1.165) is 6.42 Å². The van der Waals surface area contributed by atoms with E-state index in [1.807, 2.05) is 6.08 Å². The highest BCUT2D eigenvalue weighted by molar-refractivity contribution is 6.01. The Bertz CT molecular complexity index is 309. The molecule has 2 aliphatic rings.